The lowest BCUT2D eigenvalue weighted by atomic mass is 10.1. The summed E-state index contributed by atoms with van der Waals surface area (Å²) in [7, 11) is 0. The Balaban J connectivity index is 1.89. The van der Waals surface area contributed by atoms with Crippen LogP contribution >= 0.6 is 23.2 Å². The largest absolute Gasteiger partial charge is 0.506 e. The fraction of sp³-hybridized carbons (Fsp3) is 0.188. The molecule has 0 aliphatic rings. The van der Waals surface area contributed by atoms with Crippen LogP contribution in [0.4, 0.5) is 10.5 Å². The number of amides is 2. The van der Waals surface area contributed by atoms with Crippen LogP contribution < -0.4 is 15.4 Å². The van der Waals surface area contributed by atoms with Gasteiger partial charge in [0.2, 0.25) is 0 Å². The lowest BCUT2D eigenvalue weighted by Crippen LogP contribution is -2.32. The molecule has 122 valence electrons. The molecule has 2 aromatic carbocycles. The number of aryl methyl sites for hydroxylation is 2. The first-order valence-electron chi connectivity index (χ1n) is 6.79. The summed E-state index contributed by atoms with van der Waals surface area (Å²) < 4.78 is 5.47. The number of phenolic OH excluding ortho intramolecular Hbond substituents is 1. The third-order valence-electron chi connectivity index (χ3n) is 3.09. The van der Waals surface area contributed by atoms with E-state index in [-0.39, 0.29) is 18.2 Å². The fourth-order valence-corrected chi connectivity index (χ4v) is 2.23. The number of urea groups is 1. The Kier molecular flexibility index (Phi) is 5.58. The molecular weight excluding hydrogens is 339 g/mol. The zero-order valence-corrected chi connectivity index (χ0v) is 14.1. The molecule has 3 N–H and O–H groups in total. The van der Waals surface area contributed by atoms with Gasteiger partial charge in [0.15, 0.2) is 6.73 Å². The minimum Gasteiger partial charge on any atom is -0.506 e. The summed E-state index contributed by atoms with van der Waals surface area (Å²) in [5.74, 6) is 0.532. The van der Waals surface area contributed by atoms with E-state index < -0.39 is 6.03 Å². The molecule has 2 amide bonds. The van der Waals surface area contributed by atoms with Gasteiger partial charge in [-0.15, -0.1) is 0 Å². The molecule has 0 heterocycles. The molecule has 0 unspecified atom stereocenters. The van der Waals surface area contributed by atoms with Crippen LogP contribution in [0.1, 0.15) is 11.1 Å². The molecule has 0 saturated carbocycles. The molecule has 2 aromatic rings. The third kappa shape index (κ3) is 4.68. The third-order valence-corrected chi connectivity index (χ3v) is 3.92. The van der Waals surface area contributed by atoms with Gasteiger partial charge in [0.05, 0.1) is 5.69 Å². The average Bonchev–Trinajstić information content (AvgIpc) is 2.48. The van der Waals surface area contributed by atoms with E-state index in [1.165, 1.54) is 18.2 Å². The van der Waals surface area contributed by atoms with Crippen LogP contribution in [0, 0.1) is 13.8 Å². The summed E-state index contributed by atoms with van der Waals surface area (Å²) in [4.78, 5) is 11.8. The van der Waals surface area contributed by atoms with E-state index in [1.807, 2.05) is 13.8 Å². The zero-order valence-electron chi connectivity index (χ0n) is 12.6. The molecule has 0 atom stereocenters. The number of nitrogens with one attached hydrogen (secondary N) is 2. The van der Waals surface area contributed by atoms with Gasteiger partial charge in [0, 0.05) is 10.0 Å². The maximum Gasteiger partial charge on any atom is 0.321 e. The number of aromatic hydroxyl groups is 1. The first-order valence-corrected chi connectivity index (χ1v) is 7.55. The highest BCUT2D eigenvalue weighted by molar-refractivity contribution is 6.32. The molecule has 0 saturated heterocycles. The quantitative estimate of drug-likeness (QED) is 0.560. The van der Waals surface area contributed by atoms with Gasteiger partial charge in [-0.1, -0.05) is 23.2 Å². The first-order chi connectivity index (χ1) is 10.9. The minimum atomic E-state index is -0.523. The Morgan fingerprint density at radius 1 is 1.17 bits per heavy atom. The molecule has 0 aliphatic heterocycles. The number of halogens is 2. The van der Waals surface area contributed by atoms with Crippen molar-refractivity contribution in [3.63, 3.8) is 0 Å². The van der Waals surface area contributed by atoms with Crippen LogP contribution in [-0.2, 0) is 0 Å². The van der Waals surface area contributed by atoms with Gasteiger partial charge in [-0.25, -0.2) is 4.79 Å². The second kappa shape index (κ2) is 7.44. The number of ether oxygens (including phenoxy) is 1. The molecule has 7 heteroatoms. The van der Waals surface area contributed by atoms with Crippen molar-refractivity contribution in [1.29, 1.82) is 0 Å². The van der Waals surface area contributed by atoms with Crippen LogP contribution in [0.5, 0.6) is 11.5 Å². The van der Waals surface area contributed by atoms with Gasteiger partial charge < -0.3 is 20.5 Å². The number of carbonyl (C=O) groups is 1. The number of carbonyl (C=O) groups excluding carboxylic acids is 1. The summed E-state index contributed by atoms with van der Waals surface area (Å²) in [6, 6.07) is 7.42. The van der Waals surface area contributed by atoms with Crippen molar-refractivity contribution in [2.24, 2.45) is 0 Å². The smallest absolute Gasteiger partial charge is 0.321 e. The van der Waals surface area contributed by atoms with Crippen molar-refractivity contribution in [3.8, 4) is 11.5 Å². The summed E-state index contributed by atoms with van der Waals surface area (Å²) in [6.07, 6.45) is 0. The molecule has 5 nitrogen and oxygen atoms in total. The highest BCUT2D eigenvalue weighted by Gasteiger charge is 2.07. The number of hydrogen-bond donors (Lipinski definition) is 3. The monoisotopic (exact) mass is 354 g/mol. The summed E-state index contributed by atoms with van der Waals surface area (Å²) in [5.41, 5.74) is 2.01. The van der Waals surface area contributed by atoms with E-state index in [9.17, 15) is 9.90 Å². The topological polar surface area (TPSA) is 70.6 Å². The number of benzene rings is 2. The average molecular weight is 355 g/mol. The first kappa shape index (κ1) is 17.2. The number of anilines is 1. The van der Waals surface area contributed by atoms with Crippen LogP contribution in [-0.4, -0.2) is 17.9 Å². The number of rotatable bonds is 4. The second-order valence-corrected chi connectivity index (χ2v) is 5.77. The highest BCUT2D eigenvalue weighted by Crippen LogP contribution is 2.27. The molecule has 0 fully saturated rings. The van der Waals surface area contributed by atoms with Gasteiger partial charge in [0.25, 0.3) is 0 Å². The molecule has 2 rings (SSSR count). The normalized spacial score (nSPS) is 10.3. The molecular formula is C16H16Cl2N2O3. The SMILES string of the molecule is Cc1cc(OCNC(=O)Nc2cc(Cl)ccc2O)cc(C)c1Cl. The van der Waals surface area contributed by atoms with Crippen molar-refractivity contribution < 1.29 is 14.6 Å². The summed E-state index contributed by atoms with van der Waals surface area (Å²) in [6.45, 7) is 3.72. The van der Waals surface area contributed by atoms with Gasteiger partial charge in [0.1, 0.15) is 11.5 Å². The van der Waals surface area contributed by atoms with E-state index in [4.69, 9.17) is 27.9 Å². The Morgan fingerprint density at radius 2 is 1.83 bits per heavy atom. The van der Waals surface area contributed by atoms with Crippen molar-refractivity contribution in [3.05, 3.63) is 51.5 Å². The van der Waals surface area contributed by atoms with Crippen molar-refractivity contribution in [2.45, 2.75) is 13.8 Å². The van der Waals surface area contributed by atoms with E-state index in [0.717, 1.165) is 11.1 Å². The van der Waals surface area contributed by atoms with Gasteiger partial charge in [-0.3, -0.25) is 0 Å². The van der Waals surface area contributed by atoms with Crippen LogP contribution in [0.2, 0.25) is 10.0 Å². The minimum absolute atomic E-state index is 0.0341. The highest BCUT2D eigenvalue weighted by atomic mass is 35.5. The molecule has 0 aromatic heterocycles. The van der Waals surface area contributed by atoms with Crippen LogP contribution in [0.3, 0.4) is 0 Å². The van der Waals surface area contributed by atoms with E-state index in [2.05, 4.69) is 10.6 Å². The maximum atomic E-state index is 11.8. The summed E-state index contributed by atoms with van der Waals surface area (Å²) >= 11 is 11.9. The Hall–Kier alpha value is -2.11. The van der Waals surface area contributed by atoms with Crippen molar-refractivity contribution in [1.82, 2.24) is 5.32 Å². The standard InChI is InChI=1S/C16H16Cl2N2O3/c1-9-5-12(6-10(2)15(9)18)23-8-19-16(22)20-13-7-11(17)3-4-14(13)21/h3-7,21H,8H2,1-2H3,(H2,19,20,22). The fourth-order valence-electron chi connectivity index (χ4n) is 1.95. The molecule has 0 spiro atoms. The van der Waals surface area contributed by atoms with Crippen LogP contribution in [0.15, 0.2) is 30.3 Å². The van der Waals surface area contributed by atoms with Crippen LogP contribution in [0.25, 0.3) is 0 Å². The molecule has 0 aliphatic carbocycles. The number of hydrogen-bond acceptors (Lipinski definition) is 3. The van der Waals surface area contributed by atoms with E-state index >= 15 is 0 Å². The predicted molar refractivity (Wildman–Crippen MR) is 91.7 cm³/mol. The van der Waals surface area contributed by atoms with Gasteiger partial charge in [-0.05, 0) is 55.3 Å². The molecule has 0 bridgehead atoms. The van der Waals surface area contributed by atoms with E-state index in [1.54, 1.807) is 12.1 Å². The van der Waals surface area contributed by atoms with Crippen molar-refractivity contribution >= 4 is 34.9 Å². The van der Waals surface area contributed by atoms with Crippen molar-refractivity contribution in [2.75, 3.05) is 12.0 Å². The maximum absolute atomic E-state index is 11.8. The Labute approximate surface area is 144 Å². The number of phenols is 1. The Bertz CT molecular complexity index is 712. The zero-order chi connectivity index (χ0) is 17.0. The molecule has 23 heavy (non-hydrogen) atoms. The predicted octanol–water partition coefficient (Wildman–Crippen LogP) is 4.47. The van der Waals surface area contributed by atoms with E-state index in [0.29, 0.717) is 15.8 Å². The lowest BCUT2D eigenvalue weighted by molar-refractivity contribution is 0.234. The molecule has 0 radical (unpaired) electrons. The van der Waals surface area contributed by atoms with Gasteiger partial charge >= 0.3 is 6.03 Å². The summed E-state index contributed by atoms with van der Waals surface area (Å²) in [5, 5.41) is 15.7. The van der Waals surface area contributed by atoms with Gasteiger partial charge in [-0.2, -0.15) is 0 Å². The Morgan fingerprint density at radius 3 is 2.48 bits per heavy atom. The lowest BCUT2D eigenvalue weighted by Gasteiger charge is -2.12. The second-order valence-electron chi connectivity index (χ2n) is 4.95.